The van der Waals surface area contributed by atoms with Crippen LogP contribution < -0.4 is 0 Å². The van der Waals surface area contributed by atoms with E-state index >= 15 is 0 Å². The van der Waals surface area contributed by atoms with E-state index in [1.54, 1.807) is 0 Å². The van der Waals surface area contributed by atoms with Gasteiger partial charge in [-0.15, -0.1) is 0 Å². The Morgan fingerprint density at radius 1 is 1.00 bits per heavy atom. The Balaban J connectivity index is 1.96. The Bertz CT molecular complexity index is 170. The third-order valence-corrected chi connectivity index (χ3v) is 4.41. The normalized spacial score (nSPS) is 29.2. The van der Waals surface area contributed by atoms with E-state index in [0.29, 0.717) is 11.2 Å². The van der Waals surface area contributed by atoms with Gasteiger partial charge in [-0.1, -0.05) is 0 Å². The highest BCUT2D eigenvalue weighted by atomic mass is 32.2. The zero-order valence-electron chi connectivity index (χ0n) is 7.47. The van der Waals surface area contributed by atoms with Crippen molar-refractivity contribution in [2.75, 3.05) is 11.5 Å². The highest BCUT2D eigenvalue weighted by Crippen LogP contribution is 2.45. The summed E-state index contributed by atoms with van der Waals surface area (Å²) in [7, 11) is 0. The second-order valence-corrected chi connectivity index (χ2v) is 5.38. The number of carbonyl (C=O) groups is 1. The quantitative estimate of drug-likeness (QED) is 0.575. The summed E-state index contributed by atoms with van der Waals surface area (Å²) < 4.78 is 0. The van der Waals surface area contributed by atoms with E-state index < -0.39 is 0 Å². The molecular formula is C10H16OS. The van der Waals surface area contributed by atoms with Crippen LogP contribution in [0.25, 0.3) is 0 Å². The molecule has 1 nitrogen and oxygen atoms in total. The van der Waals surface area contributed by atoms with Gasteiger partial charge >= 0.3 is 0 Å². The summed E-state index contributed by atoms with van der Waals surface area (Å²) in [5.41, 5.74) is 0.596. The summed E-state index contributed by atoms with van der Waals surface area (Å²) in [6.07, 6.45) is 6.84. The van der Waals surface area contributed by atoms with Crippen LogP contribution in [0.1, 0.15) is 38.5 Å². The van der Waals surface area contributed by atoms with Crippen molar-refractivity contribution in [3.63, 3.8) is 0 Å². The van der Waals surface area contributed by atoms with Crippen LogP contribution in [0.15, 0.2) is 0 Å². The van der Waals surface area contributed by atoms with Crippen molar-refractivity contribution in [2.24, 2.45) is 5.41 Å². The zero-order valence-corrected chi connectivity index (χ0v) is 8.29. The van der Waals surface area contributed by atoms with E-state index in [1.165, 1.54) is 37.2 Å². The van der Waals surface area contributed by atoms with Crippen molar-refractivity contribution in [3.8, 4) is 0 Å². The van der Waals surface area contributed by atoms with Gasteiger partial charge in [-0.05, 0) is 42.6 Å². The van der Waals surface area contributed by atoms with Crippen LogP contribution in [0.4, 0.5) is 0 Å². The lowest BCUT2D eigenvalue weighted by atomic mass is 9.70. The molecule has 0 aromatic carbocycles. The van der Waals surface area contributed by atoms with Crippen LogP contribution in [0.2, 0.25) is 0 Å². The Kier molecular flexibility index (Phi) is 2.44. The minimum atomic E-state index is 0.499. The Hall–Kier alpha value is 0.0200. The van der Waals surface area contributed by atoms with Gasteiger partial charge in [-0.3, -0.25) is 4.79 Å². The first kappa shape index (κ1) is 8.61. The maximum Gasteiger partial charge on any atom is 0.132 e. The van der Waals surface area contributed by atoms with Crippen molar-refractivity contribution in [1.82, 2.24) is 0 Å². The molecular weight excluding hydrogens is 168 g/mol. The number of carbonyl (C=O) groups excluding carboxylic acids is 1. The molecule has 68 valence electrons. The lowest BCUT2D eigenvalue weighted by molar-refractivity contribution is -0.122. The largest absolute Gasteiger partial charge is 0.300 e. The van der Waals surface area contributed by atoms with Gasteiger partial charge in [0.1, 0.15) is 5.78 Å². The highest BCUT2D eigenvalue weighted by Gasteiger charge is 2.35. The van der Waals surface area contributed by atoms with Gasteiger partial charge < -0.3 is 0 Å². The first-order chi connectivity index (χ1) is 5.81. The molecule has 1 saturated heterocycles. The van der Waals surface area contributed by atoms with Crippen LogP contribution in [0, 0.1) is 5.41 Å². The predicted molar refractivity (Wildman–Crippen MR) is 52.5 cm³/mol. The van der Waals surface area contributed by atoms with Crippen molar-refractivity contribution in [2.45, 2.75) is 38.5 Å². The fourth-order valence-corrected chi connectivity index (χ4v) is 3.72. The molecule has 1 aliphatic heterocycles. The van der Waals surface area contributed by atoms with Gasteiger partial charge in [0.25, 0.3) is 0 Å². The fraction of sp³-hybridized carbons (Fsp3) is 0.900. The van der Waals surface area contributed by atoms with E-state index in [0.717, 1.165) is 12.8 Å². The number of thioether (sulfide) groups is 1. The molecule has 0 unspecified atom stereocenters. The van der Waals surface area contributed by atoms with E-state index in [-0.39, 0.29) is 0 Å². The molecule has 0 N–H and O–H groups in total. The van der Waals surface area contributed by atoms with Crippen LogP contribution in [0.5, 0.6) is 0 Å². The number of ketones is 1. The van der Waals surface area contributed by atoms with Crippen LogP contribution >= 0.6 is 11.8 Å². The van der Waals surface area contributed by atoms with Crippen molar-refractivity contribution in [1.29, 1.82) is 0 Å². The van der Waals surface area contributed by atoms with E-state index in [1.807, 2.05) is 0 Å². The minimum absolute atomic E-state index is 0.499. The maximum absolute atomic E-state index is 11.1. The number of hydrogen-bond donors (Lipinski definition) is 0. The second kappa shape index (κ2) is 3.41. The van der Waals surface area contributed by atoms with Crippen LogP contribution in [0.3, 0.4) is 0 Å². The molecule has 0 aromatic rings. The molecule has 12 heavy (non-hydrogen) atoms. The Labute approximate surface area is 78.3 Å². The maximum atomic E-state index is 11.1. The molecule has 0 bridgehead atoms. The molecule has 1 spiro atoms. The molecule has 1 aliphatic carbocycles. The standard InChI is InChI=1S/C10H16OS/c11-9-1-3-10(4-2-9)5-7-12-8-6-10/h1-8H2. The first-order valence-corrected chi connectivity index (χ1v) is 6.06. The molecule has 0 atom stereocenters. The molecule has 0 radical (unpaired) electrons. The summed E-state index contributed by atoms with van der Waals surface area (Å²) >= 11 is 2.08. The summed E-state index contributed by atoms with van der Waals surface area (Å²) in [5, 5.41) is 0. The number of rotatable bonds is 0. The summed E-state index contributed by atoms with van der Waals surface area (Å²) in [5.74, 6) is 3.15. The second-order valence-electron chi connectivity index (χ2n) is 4.15. The van der Waals surface area contributed by atoms with Gasteiger partial charge in [-0.2, -0.15) is 11.8 Å². The average Bonchev–Trinajstić information content (AvgIpc) is 2.13. The molecule has 1 saturated carbocycles. The SMILES string of the molecule is O=C1CCC2(CCSCC2)CC1. The summed E-state index contributed by atoms with van der Waals surface area (Å²) in [6.45, 7) is 0. The van der Waals surface area contributed by atoms with E-state index in [4.69, 9.17) is 0 Å². The van der Waals surface area contributed by atoms with E-state index in [9.17, 15) is 4.79 Å². The minimum Gasteiger partial charge on any atom is -0.300 e. The van der Waals surface area contributed by atoms with Crippen molar-refractivity contribution >= 4 is 17.5 Å². The smallest absolute Gasteiger partial charge is 0.132 e. The van der Waals surface area contributed by atoms with Gasteiger partial charge in [0, 0.05) is 12.8 Å². The summed E-state index contributed by atoms with van der Waals surface area (Å²) in [6, 6.07) is 0. The highest BCUT2D eigenvalue weighted by molar-refractivity contribution is 7.99. The lowest BCUT2D eigenvalue weighted by Crippen LogP contribution is -2.31. The molecule has 1 heterocycles. The van der Waals surface area contributed by atoms with Crippen molar-refractivity contribution < 1.29 is 4.79 Å². The van der Waals surface area contributed by atoms with Crippen molar-refractivity contribution in [3.05, 3.63) is 0 Å². The van der Waals surface area contributed by atoms with Gasteiger partial charge in [0.2, 0.25) is 0 Å². The predicted octanol–water partition coefficient (Wildman–Crippen LogP) is 2.64. The molecule has 2 fully saturated rings. The van der Waals surface area contributed by atoms with Gasteiger partial charge in [0.15, 0.2) is 0 Å². The molecule has 2 aliphatic rings. The molecule has 0 aromatic heterocycles. The van der Waals surface area contributed by atoms with E-state index in [2.05, 4.69) is 11.8 Å². The van der Waals surface area contributed by atoms with Gasteiger partial charge in [-0.25, -0.2) is 0 Å². The Morgan fingerprint density at radius 2 is 1.58 bits per heavy atom. The molecule has 2 heteroatoms. The third-order valence-electron chi connectivity index (χ3n) is 3.42. The third kappa shape index (κ3) is 1.68. The van der Waals surface area contributed by atoms with Gasteiger partial charge in [0.05, 0.1) is 0 Å². The lowest BCUT2D eigenvalue weighted by Gasteiger charge is -2.39. The zero-order chi connectivity index (χ0) is 8.44. The first-order valence-electron chi connectivity index (χ1n) is 4.90. The topological polar surface area (TPSA) is 17.1 Å². The monoisotopic (exact) mass is 184 g/mol. The van der Waals surface area contributed by atoms with Crippen LogP contribution in [-0.2, 0) is 4.79 Å². The number of Topliss-reactive ketones (excluding diaryl/α,β-unsaturated/α-hetero) is 1. The fourth-order valence-electron chi connectivity index (χ4n) is 2.36. The van der Waals surface area contributed by atoms with Crippen LogP contribution in [-0.4, -0.2) is 17.3 Å². The average molecular weight is 184 g/mol. The summed E-state index contributed by atoms with van der Waals surface area (Å²) in [4.78, 5) is 11.1. The Morgan fingerprint density at radius 3 is 2.17 bits per heavy atom. The molecule has 0 amide bonds. The number of hydrogen-bond acceptors (Lipinski definition) is 2. The molecule has 2 rings (SSSR count).